The zero-order chi connectivity index (χ0) is 24.2. The molecule has 3 aromatic carbocycles. The zero-order valence-electron chi connectivity index (χ0n) is 17.8. The number of ether oxygens (including phenoxy) is 2. The number of carbonyl (C=O) groups excluding carboxylic acids is 1. The summed E-state index contributed by atoms with van der Waals surface area (Å²) in [6.07, 6.45) is 1.75. The molecule has 1 fully saturated rings. The molecular weight excluding hydrogens is 540 g/mol. The van der Waals surface area contributed by atoms with Crippen LogP contribution in [0.1, 0.15) is 11.1 Å². The number of carbonyl (C=O) groups is 1. The van der Waals surface area contributed by atoms with E-state index in [1.807, 2.05) is 24.3 Å². The fourth-order valence-electron chi connectivity index (χ4n) is 3.25. The second kappa shape index (κ2) is 10.4. The maximum atomic E-state index is 13.0. The van der Waals surface area contributed by atoms with Gasteiger partial charge in [-0.05, 0) is 53.6 Å². The van der Waals surface area contributed by atoms with Gasteiger partial charge in [-0.15, -0.1) is 0 Å². The van der Waals surface area contributed by atoms with Crippen molar-refractivity contribution in [3.05, 3.63) is 97.3 Å². The average Bonchev–Trinajstić information content (AvgIpc) is 3.11. The Bertz CT molecular complexity index is 1310. The van der Waals surface area contributed by atoms with Crippen LogP contribution in [-0.4, -0.2) is 22.3 Å². The Labute approximate surface area is 213 Å². The van der Waals surface area contributed by atoms with Crippen molar-refractivity contribution in [1.29, 1.82) is 0 Å². The second-order valence-electron chi connectivity index (χ2n) is 7.12. The number of benzene rings is 3. The number of hydrogen-bond acceptors (Lipinski definition) is 7. The van der Waals surface area contributed by atoms with Crippen molar-refractivity contribution in [2.24, 2.45) is 0 Å². The summed E-state index contributed by atoms with van der Waals surface area (Å²) in [4.78, 5) is 25.5. The Kier molecular flexibility index (Phi) is 7.30. The van der Waals surface area contributed by atoms with Crippen LogP contribution in [0.2, 0.25) is 0 Å². The number of methoxy groups -OCH3 is 1. The molecule has 34 heavy (non-hydrogen) atoms. The van der Waals surface area contributed by atoms with E-state index in [9.17, 15) is 14.9 Å². The van der Waals surface area contributed by atoms with Crippen LogP contribution in [0.4, 0.5) is 11.4 Å². The van der Waals surface area contributed by atoms with Crippen molar-refractivity contribution in [3.8, 4) is 11.5 Å². The Morgan fingerprint density at radius 2 is 1.88 bits per heavy atom. The number of non-ortho nitro benzene ring substituents is 1. The van der Waals surface area contributed by atoms with Gasteiger partial charge in [-0.3, -0.25) is 19.8 Å². The van der Waals surface area contributed by atoms with Crippen LogP contribution >= 0.6 is 39.9 Å². The summed E-state index contributed by atoms with van der Waals surface area (Å²) in [5, 5.41) is 11.0. The van der Waals surface area contributed by atoms with Crippen LogP contribution in [0.25, 0.3) is 6.08 Å². The van der Waals surface area contributed by atoms with Crippen LogP contribution in [0.15, 0.2) is 76.1 Å². The van der Waals surface area contributed by atoms with Gasteiger partial charge in [0, 0.05) is 16.6 Å². The molecule has 0 unspecified atom stereocenters. The predicted molar refractivity (Wildman–Crippen MR) is 140 cm³/mol. The second-order valence-corrected chi connectivity index (χ2v) is 9.71. The molecule has 0 N–H and O–H groups in total. The smallest absolute Gasteiger partial charge is 0.270 e. The summed E-state index contributed by atoms with van der Waals surface area (Å²) in [6.45, 7) is 0.142. The summed E-state index contributed by atoms with van der Waals surface area (Å²) in [5.74, 6) is 0.762. The van der Waals surface area contributed by atoms with Crippen LogP contribution in [0.3, 0.4) is 0 Å². The van der Waals surface area contributed by atoms with E-state index >= 15 is 0 Å². The summed E-state index contributed by atoms with van der Waals surface area (Å²) >= 11 is 10.1. The minimum Gasteiger partial charge on any atom is -0.493 e. The number of thioether (sulfide) groups is 1. The Hall–Kier alpha value is -3.21. The Morgan fingerprint density at radius 3 is 2.59 bits per heavy atom. The molecule has 1 saturated heterocycles. The van der Waals surface area contributed by atoms with E-state index in [0.29, 0.717) is 32.0 Å². The van der Waals surface area contributed by atoms with Crippen LogP contribution < -0.4 is 14.4 Å². The van der Waals surface area contributed by atoms with Crippen molar-refractivity contribution >= 4 is 67.6 Å². The zero-order valence-corrected chi connectivity index (χ0v) is 21.0. The SMILES string of the molecule is COc1cc(/C=C2/SC(=S)N(c3ccc(Br)cc3)C2=O)ccc1OCc1cccc([N+](=O)[O-])c1. The molecule has 0 aromatic heterocycles. The molecule has 4 rings (SSSR count). The van der Waals surface area contributed by atoms with Crippen molar-refractivity contribution in [2.75, 3.05) is 12.0 Å². The van der Waals surface area contributed by atoms with Crippen LogP contribution in [0.5, 0.6) is 11.5 Å². The number of halogens is 1. The summed E-state index contributed by atoms with van der Waals surface area (Å²) < 4.78 is 12.7. The highest BCUT2D eigenvalue weighted by molar-refractivity contribution is 9.10. The first-order chi connectivity index (χ1) is 16.4. The van der Waals surface area contributed by atoms with E-state index in [2.05, 4.69) is 15.9 Å². The van der Waals surface area contributed by atoms with E-state index < -0.39 is 4.92 Å². The van der Waals surface area contributed by atoms with Gasteiger partial charge >= 0.3 is 0 Å². The van der Waals surface area contributed by atoms with E-state index in [4.69, 9.17) is 21.7 Å². The molecule has 1 aliphatic heterocycles. The number of nitrogens with zero attached hydrogens (tertiary/aromatic N) is 2. The molecule has 1 amide bonds. The monoisotopic (exact) mass is 556 g/mol. The van der Waals surface area contributed by atoms with Gasteiger partial charge in [0.15, 0.2) is 15.8 Å². The molecule has 0 bridgehead atoms. The van der Waals surface area contributed by atoms with Gasteiger partial charge in [0.05, 0.1) is 22.6 Å². The number of amides is 1. The van der Waals surface area contributed by atoms with Crippen molar-refractivity contribution in [2.45, 2.75) is 6.61 Å². The third-order valence-corrected chi connectivity index (χ3v) is 6.71. The quantitative estimate of drug-likeness (QED) is 0.145. The average molecular weight is 557 g/mol. The first-order valence-electron chi connectivity index (χ1n) is 9.93. The van der Waals surface area contributed by atoms with Crippen molar-refractivity contribution in [3.63, 3.8) is 0 Å². The third kappa shape index (κ3) is 5.30. The fourth-order valence-corrected chi connectivity index (χ4v) is 4.81. The number of nitro groups is 1. The lowest BCUT2D eigenvalue weighted by molar-refractivity contribution is -0.384. The van der Waals surface area contributed by atoms with E-state index in [-0.39, 0.29) is 18.2 Å². The van der Waals surface area contributed by atoms with Gasteiger partial charge < -0.3 is 9.47 Å². The molecule has 0 aliphatic carbocycles. The summed E-state index contributed by atoms with van der Waals surface area (Å²) in [7, 11) is 1.52. The molecule has 0 radical (unpaired) electrons. The number of rotatable bonds is 7. The summed E-state index contributed by atoms with van der Waals surface area (Å²) in [5.41, 5.74) is 2.12. The maximum Gasteiger partial charge on any atom is 0.270 e. The molecule has 0 spiro atoms. The first kappa shape index (κ1) is 23.9. The van der Waals surface area contributed by atoms with Crippen molar-refractivity contribution < 1.29 is 19.2 Å². The molecule has 7 nitrogen and oxygen atoms in total. The maximum absolute atomic E-state index is 13.0. The topological polar surface area (TPSA) is 81.9 Å². The highest BCUT2D eigenvalue weighted by Crippen LogP contribution is 2.37. The normalized spacial score (nSPS) is 14.5. The Balaban J connectivity index is 1.51. The lowest BCUT2D eigenvalue weighted by Gasteiger charge is -2.14. The first-order valence-corrected chi connectivity index (χ1v) is 11.9. The lowest BCUT2D eigenvalue weighted by Crippen LogP contribution is -2.27. The van der Waals surface area contributed by atoms with E-state index in [1.165, 1.54) is 35.9 Å². The highest BCUT2D eigenvalue weighted by atomic mass is 79.9. The molecule has 0 saturated carbocycles. The van der Waals surface area contributed by atoms with E-state index in [1.54, 1.807) is 36.4 Å². The molecule has 10 heteroatoms. The van der Waals surface area contributed by atoms with Crippen LogP contribution in [-0.2, 0) is 11.4 Å². The highest BCUT2D eigenvalue weighted by Gasteiger charge is 2.33. The molecule has 0 atom stereocenters. The standard InChI is InChI=1S/C24H17BrN2O5S2/c1-31-21-12-15(5-10-20(21)32-14-16-3-2-4-19(11-16)27(29)30)13-22-23(28)26(24(33)34-22)18-8-6-17(25)7-9-18/h2-13H,14H2,1H3/b22-13+. The number of hydrogen-bond donors (Lipinski definition) is 0. The van der Waals surface area contributed by atoms with Crippen LogP contribution in [0, 0.1) is 10.1 Å². The van der Waals surface area contributed by atoms with Gasteiger partial charge in [0.2, 0.25) is 0 Å². The summed E-state index contributed by atoms with van der Waals surface area (Å²) in [6, 6.07) is 18.9. The van der Waals surface area contributed by atoms with Gasteiger partial charge in [-0.1, -0.05) is 58.1 Å². The van der Waals surface area contributed by atoms with Gasteiger partial charge in [-0.2, -0.15) is 0 Å². The number of nitro benzene ring substituents is 1. The fraction of sp³-hybridized carbons (Fsp3) is 0.0833. The largest absolute Gasteiger partial charge is 0.493 e. The van der Waals surface area contributed by atoms with Crippen molar-refractivity contribution in [1.82, 2.24) is 0 Å². The Morgan fingerprint density at radius 1 is 1.12 bits per heavy atom. The molecule has 172 valence electrons. The number of anilines is 1. The van der Waals surface area contributed by atoms with E-state index in [0.717, 1.165) is 10.0 Å². The minimum atomic E-state index is -0.446. The minimum absolute atomic E-state index is 0.00358. The molecule has 1 heterocycles. The van der Waals surface area contributed by atoms with Gasteiger partial charge in [-0.25, -0.2) is 0 Å². The molecule has 3 aromatic rings. The van der Waals surface area contributed by atoms with Gasteiger partial charge in [0.1, 0.15) is 6.61 Å². The third-order valence-electron chi connectivity index (χ3n) is 4.88. The molecular formula is C24H17BrN2O5S2. The van der Waals surface area contributed by atoms with Gasteiger partial charge in [0.25, 0.3) is 11.6 Å². The lowest BCUT2D eigenvalue weighted by atomic mass is 10.1. The predicted octanol–water partition coefficient (Wildman–Crippen LogP) is 6.35. The molecule has 1 aliphatic rings. The number of thiocarbonyl (C=S) groups is 1.